The molecule has 0 amide bonds. The summed E-state index contributed by atoms with van der Waals surface area (Å²) < 4.78 is 57.6. The highest BCUT2D eigenvalue weighted by Crippen LogP contribution is 2.20. The lowest BCUT2D eigenvalue weighted by Crippen LogP contribution is -2.34. The van der Waals surface area contributed by atoms with Gasteiger partial charge in [0.15, 0.2) is 6.61 Å². The average molecular weight is 260 g/mol. The van der Waals surface area contributed by atoms with Gasteiger partial charge in [0.1, 0.15) is 0 Å². The van der Waals surface area contributed by atoms with E-state index in [1.165, 1.54) is 0 Å². The Morgan fingerprint density at radius 1 is 1.38 bits per heavy atom. The van der Waals surface area contributed by atoms with Gasteiger partial charge in [0, 0.05) is 6.42 Å². The summed E-state index contributed by atoms with van der Waals surface area (Å²) in [5.74, 6) is -0.906. The van der Waals surface area contributed by atoms with Crippen LogP contribution in [-0.4, -0.2) is 30.8 Å². The van der Waals surface area contributed by atoms with Crippen molar-refractivity contribution in [2.75, 3.05) is 6.61 Å². The number of carbonyl (C=O) groups is 1. The van der Waals surface area contributed by atoms with E-state index in [-0.39, 0.29) is 6.42 Å². The van der Waals surface area contributed by atoms with Crippen LogP contribution in [0, 0.1) is 0 Å². The first-order valence-corrected chi connectivity index (χ1v) is 6.15. The predicted molar refractivity (Wildman–Crippen MR) is 51.6 cm³/mol. The Labute approximate surface area is 92.5 Å². The second kappa shape index (κ2) is 6.09. The smallest absolute Gasteiger partial charge is 0.402 e. The molecule has 0 aromatic heterocycles. The van der Waals surface area contributed by atoms with Gasteiger partial charge in [-0.15, -0.1) is 0 Å². The van der Waals surface area contributed by atoms with Crippen molar-refractivity contribution in [1.82, 2.24) is 0 Å². The molecule has 0 aromatic carbocycles. The van der Waals surface area contributed by atoms with Gasteiger partial charge in [0.2, 0.25) is 0 Å². The number of rotatable bonds is 7. The van der Waals surface area contributed by atoms with E-state index in [0.717, 1.165) is 12.8 Å². The van der Waals surface area contributed by atoms with Gasteiger partial charge in [0.05, 0.1) is 0 Å². The van der Waals surface area contributed by atoms with E-state index in [1.807, 2.05) is 6.92 Å². The van der Waals surface area contributed by atoms with Crippen LogP contribution in [-0.2, 0) is 19.6 Å². The Hall–Kier alpha value is -0.760. The first-order chi connectivity index (χ1) is 7.20. The molecule has 0 rings (SSSR count). The average Bonchev–Trinajstić information content (AvgIpc) is 2.13. The Kier molecular flexibility index (Phi) is 5.80. The number of halogens is 2. The van der Waals surface area contributed by atoms with Crippen LogP contribution in [0.5, 0.6) is 0 Å². The van der Waals surface area contributed by atoms with Gasteiger partial charge in [-0.25, -0.2) is 0 Å². The highest BCUT2D eigenvalue weighted by molar-refractivity contribution is 7.86. The lowest BCUT2D eigenvalue weighted by Gasteiger charge is -2.12. The molecular formula is C8H14F2O5S. The minimum absolute atomic E-state index is 0.0462. The van der Waals surface area contributed by atoms with Crippen LogP contribution >= 0.6 is 0 Å². The van der Waals surface area contributed by atoms with Crippen LogP contribution in [0.1, 0.15) is 32.6 Å². The zero-order valence-electron chi connectivity index (χ0n) is 8.78. The number of hydrogen-bond acceptors (Lipinski definition) is 4. The van der Waals surface area contributed by atoms with Gasteiger partial charge in [-0.05, 0) is 6.42 Å². The van der Waals surface area contributed by atoms with Crippen LogP contribution in [0.25, 0.3) is 0 Å². The first kappa shape index (κ1) is 15.2. The predicted octanol–water partition coefficient (Wildman–Crippen LogP) is 1.59. The highest BCUT2D eigenvalue weighted by atomic mass is 32.2. The minimum Gasteiger partial charge on any atom is -0.458 e. The molecule has 1 N–H and O–H groups in total. The maximum Gasteiger partial charge on any atom is 0.402 e. The minimum atomic E-state index is -5.53. The van der Waals surface area contributed by atoms with Gasteiger partial charge in [-0.3, -0.25) is 9.35 Å². The molecule has 0 fully saturated rings. The number of esters is 1. The van der Waals surface area contributed by atoms with E-state index < -0.39 is 27.9 Å². The van der Waals surface area contributed by atoms with Gasteiger partial charge in [-0.2, -0.15) is 17.2 Å². The lowest BCUT2D eigenvalue weighted by molar-refractivity contribution is -0.149. The maximum absolute atomic E-state index is 12.6. The summed E-state index contributed by atoms with van der Waals surface area (Å²) in [5.41, 5.74) is 0. The fourth-order valence-electron chi connectivity index (χ4n) is 0.830. The first-order valence-electron chi connectivity index (χ1n) is 4.71. The molecule has 0 aliphatic carbocycles. The summed E-state index contributed by atoms with van der Waals surface area (Å²) in [6.07, 6.45) is 2.06. The van der Waals surface area contributed by atoms with Crippen molar-refractivity contribution in [3.05, 3.63) is 0 Å². The molecule has 0 heterocycles. The molecule has 0 aliphatic rings. The molecule has 96 valence electrons. The number of unbranched alkanes of at least 4 members (excludes halogenated alkanes) is 2. The molecule has 0 atom stereocenters. The molecule has 5 nitrogen and oxygen atoms in total. The van der Waals surface area contributed by atoms with Gasteiger partial charge in [0.25, 0.3) is 0 Å². The van der Waals surface area contributed by atoms with Crippen molar-refractivity contribution in [3.63, 3.8) is 0 Å². The second-order valence-corrected chi connectivity index (χ2v) is 4.78. The highest BCUT2D eigenvalue weighted by Gasteiger charge is 2.45. The molecule has 0 saturated heterocycles. The third-order valence-corrected chi connectivity index (χ3v) is 2.64. The van der Waals surface area contributed by atoms with Crippen molar-refractivity contribution in [2.45, 2.75) is 37.9 Å². The quantitative estimate of drug-likeness (QED) is 0.427. The summed E-state index contributed by atoms with van der Waals surface area (Å²) in [5, 5.41) is -4.45. The zero-order chi connectivity index (χ0) is 12.8. The van der Waals surface area contributed by atoms with Gasteiger partial charge >= 0.3 is 21.3 Å². The Balaban J connectivity index is 4.01. The number of carbonyl (C=O) groups excluding carboxylic acids is 1. The molecule has 0 saturated carbocycles. The lowest BCUT2D eigenvalue weighted by atomic mass is 10.2. The third-order valence-electron chi connectivity index (χ3n) is 1.76. The van der Waals surface area contributed by atoms with E-state index >= 15 is 0 Å². The van der Waals surface area contributed by atoms with E-state index in [0.29, 0.717) is 6.42 Å². The number of hydrogen-bond donors (Lipinski definition) is 1. The molecule has 0 aromatic rings. The van der Waals surface area contributed by atoms with Crippen molar-refractivity contribution < 1.29 is 31.3 Å². The largest absolute Gasteiger partial charge is 0.458 e. The van der Waals surface area contributed by atoms with Crippen molar-refractivity contribution in [2.24, 2.45) is 0 Å². The molecule has 16 heavy (non-hydrogen) atoms. The van der Waals surface area contributed by atoms with Gasteiger partial charge in [-0.1, -0.05) is 19.8 Å². The summed E-state index contributed by atoms with van der Waals surface area (Å²) >= 11 is 0. The van der Waals surface area contributed by atoms with Crippen molar-refractivity contribution >= 4 is 16.1 Å². The normalized spacial score (nSPS) is 12.5. The zero-order valence-corrected chi connectivity index (χ0v) is 9.60. The Morgan fingerprint density at radius 2 is 1.94 bits per heavy atom. The van der Waals surface area contributed by atoms with E-state index in [1.54, 1.807) is 0 Å². The number of alkyl halides is 2. The maximum atomic E-state index is 12.6. The van der Waals surface area contributed by atoms with E-state index in [2.05, 4.69) is 4.74 Å². The Bertz CT molecular complexity index is 325. The molecular weight excluding hydrogens is 246 g/mol. The summed E-state index contributed by atoms with van der Waals surface area (Å²) in [6, 6.07) is 0. The molecule has 0 radical (unpaired) electrons. The second-order valence-electron chi connectivity index (χ2n) is 3.23. The van der Waals surface area contributed by atoms with Crippen LogP contribution in [0.3, 0.4) is 0 Å². The SMILES string of the molecule is CCCCCC(=O)OCC(F)(F)S(=O)(=O)O. The van der Waals surface area contributed by atoms with Crippen LogP contribution < -0.4 is 0 Å². The molecule has 0 bridgehead atoms. The molecule has 0 unspecified atom stereocenters. The molecule has 0 aliphatic heterocycles. The van der Waals surface area contributed by atoms with Crippen LogP contribution in [0.4, 0.5) is 8.78 Å². The van der Waals surface area contributed by atoms with E-state index in [9.17, 15) is 22.0 Å². The fourth-order valence-corrected chi connectivity index (χ4v) is 1.04. The Morgan fingerprint density at radius 3 is 2.38 bits per heavy atom. The standard InChI is InChI=1S/C8H14F2O5S/c1-2-3-4-5-7(11)15-6-8(9,10)16(12,13)14/h2-6H2,1H3,(H,12,13,14). The van der Waals surface area contributed by atoms with Crippen molar-refractivity contribution in [1.29, 1.82) is 0 Å². The summed E-state index contributed by atoms with van der Waals surface area (Å²) in [6.45, 7) is 0.245. The number of ether oxygens (including phenoxy) is 1. The molecule has 0 spiro atoms. The van der Waals surface area contributed by atoms with Crippen LogP contribution in [0.2, 0.25) is 0 Å². The summed E-state index contributed by atoms with van der Waals surface area (Å²) in [4.78, 5) is 10.9. The van der Waals surface area contributed by atoms with Gasteiger partial charge < -0.3 is 4.74 Å². The van der Waals surface area contributed by atoms with Crippen molar-refractivity contribution in [3.8, 4) is 0 Å². The summed E-state index contributed by atoms with van der Waals surface area (Å²) in [7, 11) is -5.53. The van der Waals surface area contributed by atoms with E-state index in [4.69, 9.17) is 4.55 Å². The monoisotopic (exact) mass is 260 g/mol. The fraction of sp³-hybridized carbons (Fsp3) is 0.875. The van der Waals surface area contributed by atoms with Crippen LogP contribution in [0.15, 0.2) is 0 Å². The molecule has 8 heteroatoms. The third kappa shape index (κ3) is 5.36. The topological polar surface area (TPSA) is 80.7 Å².